The van der Waals surface area contributed by atoms with Crippen molar-refractivity contribution in [2.45, 2.75) is 27.7 Å². The summed E-state index contributed by atoms with van der Waals surface area (Å²) < 4.78 is 33.1. The minimum absolute atomic E-state index is 0.208. The number of halogens is 2. The first-order valence-corrected chi connectivity index (χ1v) is 8.52. The number of aryl methyl sites for hydroxylation is 2. The van der Waals surface area contributed by atoms with E-state index in [2.05, 4.69) is 4.98 Å². The SMILES string of the molecule is CC1=CC(C)=[N+]2C1=C(c1ccncc1[N+](=O)[O-])c1c(C)cc(C)n1[B-]2(F)F. The molecule has 0 fully saturated rings. The molecular weight excluding hydrogens is 353 g/mol. The van der Waals surface area contributed by atoms with Gasteiger partial charge in [0.2, 0.25) is 0 Å². The summed E-state index contributed by atoms with van der Waals surface area (Å²) in [6, 6.07) is 3.21. The van der Waals surface area contributed by atoms with Crippen LogP contribution in [-0.4, -0.2) is 31.6 Å². The lowest BCUT2D eigenvalue weighted by molar-refractivity contribution is -0.385. The Labute approximate surface area is 154 Å². The van der Waals surface area contributed by atoms with E-state index in [0.29, 0.717) is 39.5 Å². The van der Waals surface area contributed by atoms with Crippen molar-refractivity contribution < 1.29 is 18.0 Å². The highest BCUT2D eigenvalue weighted by atomic mass is 19.2. The molecule has 0 aliphatic carbocycles. The largest absolute Gasteiger partial charge is 0.737 e. The Morgan fingerprint density at radius 3 is 2.63 bits per heavy atom. The van der Waals surface area contributed by atoms with Gasteiger partial charge < -0.3 is 17.6 Å². The van der Waals surface area contributed by atoms with Crippen molar-refractivity contribution in [3.05, 3.63) is 74.5 Å². The molecule has 0 saturated carbocycles. The normalized spacial score (nSPS) is 17.8. The monoisotopic (exact) mass is 370 g/mol. The Kier molecular flexibility index (Phi) is 3.50. The molecule has 0 radical (unpaired) electrons. The molecule has 2 aromatic rings. The highest BCUT2D eigenvalue weighted by Crippen LogP contribution is 2.45. The molecular formula is C18H17BF2N4O2. The maximum atomic E-state index is 15.5. The van der Waals surface area contributed by atoms with Crippen molar-refractivity contribution in [1.29, 1.82) is 0 Å². The molecule has 4 heterocycles. The molecule has 2 aliphatic heterocycles. The molecule has 27 heavy (non-hydrogen) atoms. The van der Waals surface area contributed by atoms with E-state index < -0.39 is 11.9 Å². The Hall–Kier alpha value is -3.10. The number of hydrogen-bond acceptors (Lipinski definition) is 3. The molecule has 0 bridgehead atoms. The summed E-state index contributed by atoms with van der Waals surface area (Å²) in [5, 5.41) is 11.6. The first kappa shape index (κ1) is 17.3. The summed E-state index contributed by atoms with van der Waals surface area (Å²) in [6.45, 7) is 2.65. The summed E-state index contributed by atoms with van der Waals surface area (Å²) in [5.41, 5.74) is 3.29. The summed E-state index contributed by atoms with van der Waals surface area (Å²) in [4.78, 5) is 14.9. The molecule has 4 rings (SSSR count). The van der Waals surface area contributed by atoms with E-state index in [9.17, 15) is 10.1 Å². The fraction of sp³-hybridized carbons (Fsp3) is 0.222. The third-order valence-corrected chi connectivity index (χ3v) is 5.20. The standard InChI is InChI=1S/C18H17BF2N4O2/c1-10-7-12(3)23-17(10)16(14-5-6-22-9-15(14)25(26)27)18-11(2)8-13(4)24(18)19(23,20)21/h5-9H,1-4H3. The van der Waals surface area contributed by atoms with Gasteiger partial charge in [0.05, 0.1) is 16.1 Å². The number of aromatic nitrogens is 2. The van der Waals surface area contributed by atoms with Crippen LogP contribution in [0.15, 0.2) is 41.9 Å². The zero-order valence-corrected chi connectivity index (χ0v) is 15.3. The second kappa shape index (κ2) is 5.45. The van der Waals surface area contributed by atoms with Gasteiger partial charge in [0.1, 0.15) is 11.9 Å². The number of hydrogen-bond donors (Lipinski definition) is 0. The van der Waals surface area contributed by atoms with Crippen LogP contribution in [-0.2, 0) is 0 Å². The lowest BCUT2D eigenvalue weighted by Crippen LogP contribution is -2.51. The summed E-state index contributed by atoms with van der Waals surface area (Å²) >= 11 is 0. The van der Waals surface area contributed by atoms with Crippen molar-refractivity contribution in [2.75, 3.05) is 0 Å². The smallest absolute Gasteiger partial charge is 0.393 e. The minimum atomic E-state index is -4.10. The van der Waals surface area contributed by atoms with Crippen LogP contribution in [0.4, 0.5) is 14.3 Å². The van der Waals surface area contributed by atoms with Gasteiger partial charge in [-0.15, -0.1) is 0 Å². The van der Waals surface area contributed by atoms with E-state index in [4.69, 9.17) is 0 Å². The molecule has 0 saturated heterocycles. The number of allylic oxidation sites excluding steroid dienone is 2. The highest BCUT2D eigenvalue weighted by molar-refractivity contribution is 6.58. The molecule has 0 amide bonds. The van der Waals surface area contributed by atoms with Crippen molar-refractivity contribution >= 4 is 23.9 Å². The quantitative estimate of drug-likeness (QED) is 0.459. The van der Waals surface area contributed by atoms with E-state index in [-0.39, 0.29) is 11.3 Å². The summed E-state index contributed by atoms with van der Waals surface area (Å²) in [5.74, 6) is 0. The fourth-order valence-corrected chi connectivity index (χ4v) is 4.30. The van der Waals surface area contributed by atoms with Crippen LogP contribution < -0.4 is 0 Å². The van der Waals surface area contributed by atoms with Crippen molar-refractivity contribution in [3.8, 4) is 0 Å². The molecule has 6 nitrogen and oxygen atoms in total. The Bertz CT molecular complexity index is 1130. The van der Waals surface area contributed by atoms with Crippen LogP contribution in [0.3, 0.4) is 0 Å². The van der Waals surface area contributed by atoms with E-state index >= 15 is 8.63 Å². The zero-order chi connectivity index (χ0) is 19.7. The molecule has 0 N–H and O–H groups in total. The van der Waals surface area contributed by atoms with Gasteiger partial charge in [0, 0.05) is 30.5 Å². The molecule has 0 unspecified atom stereocenters. The van der Waals surface area contributed by atoms with Crippen molar-refractivity contribution in [3.63, 3.8) is 0 Å². The average molecular weight is 370 g/mol. The minimum Gasteiger partial charge on any atom is -0.393 e. The van der Waals surface area contributed by atoms with E-state index in [0.717, 1.165) is 15.2 Å². The van der Waals surface area contributed by atoms with Crippen LogP contribution in [0.1, 0.15) is 36.4 Å². The van der Waals surface area contributed by atoms with Gasteiger partial charge in [-0.3, -0.25) is 15.1 Å². The van der Waals surface area contributed by atoms with Gasteiger partial charge in [-0.1, -0.05) is 0 Å². The van der Waals surface area contributed by atoms with Crippen molar-refractivity contribution in [1.82, 2.24) is 9.46 Å². The van der Waals surface area contributed by atoms with Crippen LogP contribution in [0.2, 0.25) is 0 Å². The van der Waals surface area contributed by atoms with Gasteiger partial charge in [-0.05, 0) is 44.2 Å². The van der Waals surface area contributed by atoms with Gasteiger partial charge >= 0.3 is 6.97 Å². The fourth-order valence-electron chi connectivity index (χ4n) is 4.30. The molecule has 0 atom stereocenters. The first-order valence-electron chi connectivity index (χ1n) is 8.52. The maximum Gasteiger partial charge on any atom is 0.737 e. The summed E-state index contributed by atoms with van der Waals surface area (Å²) in [6.07, 6.45) is 4.29. The van der Waals surface area contributed by atoms with Gasteiger partial charge in [-0.25, -0.2) is 0 Å². The zero-order valence-electron chi connectivity index (χ0n) is 15.3. The summed E-state index contributed by atoms with van der Waals surface area (Å²) in [7, 11) is 0. The molecule has 0 spiro atoms. The third-order valence-electron chi connectivity index (χ3n) is 5.20. The topological polar surface area (TPSA) is 64.0 Å². The van der Waals surface area contributed by atoms with Crippen molar-refractivity contribution in [2.24, 2.45) is 0 Å². The third kappa shape index (κ3) is 2.17. The molecule has 0 aromatic carbocycles. The van der Waals surface area contributed by atoms with Crippen LogP contribution in [0.5, 0.6) is 0 Å². The molecule has 138 valence electrons. The molecule has 2 aliphatic rings. The van der Waals surface area contributed by atoms with E-state index in [1.54, 1.807) is 39.8 Å². The highest BCUT2D eigenvalue weighted by Gasteiger charge is 2.55. The van der Waals surface area contributed by atoms with Gasteiger partial charge in [0.15, 0.2) is 5.70 Å². The van der Waals surface area contributed by atoms with E-state index in [1.807, 2.05) is 0 Å². The Morgan fingerprint density at radius 1 is 1.26 bits per heavy atom. The lowest BCUT2D eigenvalue weighted by Gasteiger charge is -2.33. The van der Waals surface area contributed by atoms with Gasteiger partial charge in [0.25, 0.3) is 5.69 Å². The number of pyridine rings is 1. The molecule has 9 heteroatoms. The maximum absolute atomic E-state index is 15.5. The Morgan fingerprint density at radius 2 is 1.96 bits per heavy atom. The van der Waals surface area contributed by atoms with Crippen LogP contribution >= 0.6 is 0 Å². The average Bonchev–Trinajstić information content (AvgIpc) is 3.05. The Balaban J connectivity index is 2.22. The number of nitro groups is 1. The first-order chi connectivity index (χ1) is 12.7. The van der Waals surface area contributed by atoms with E-state index in [1.165, 1.54) is 12.3 Å². The number of fused-ring (bicyclic) bond motifs is 2. The van der Waals surface area contributed by atoms with Gasteiger partial charge in [-0.2, -0.15) is 0 Å². The predicted molar refractivity (Wildman–Crippen MR) is 98.9 cm³/mol. The number of rotatable bonds is 2. The number of nitrogens with zero attached hydrogens (tertiary/aromatic N) is 4. The van der Waals surface area contributed by atoms with Crippen LogP contribution in [0.25, 0.3) is 5.57 Å². The lowest BCUT2D eigenvalue weighted by atomic mass is 9.83. The predicted octanol–water partition coefficient (Wildman–Crippen LogP) is 3.84. The van der Waals surface area contributed by atoms with Crippen LogP contribution in [0, 0.1) is 24.0 Å². The second-order valence-corrected chi connectivity index (χ2v) is 6.99. The molecule has 2 aromatic heterocycles. The second-order valence-electron chi connectivity index (χ2n) is 6.99.